The Bertz CT molecular complexity index is 150. The summed E-state index contributed by atoms with van der Waals surface area (Å²) in [4.78, 5) is 13.3. The van der Waals surface area contributed by atoms with E-state index in [2.05, 4.69) is 12.2 Å². The number of unbranched alkanes of at least 4 members (excludes halogenated alkanes) is 1. The molecular formula is C10H23N3O. The molecule has 0 rings (SSSR count). The first-order valence-corrected chi connectivity index (χ1v) is 5.36. The lowest BCUT2D eigenvalue weighted by Gasteiger charge is -2.15. The first kappa shape index (κ1) is 13.4. The van der Waals surface area contributed by atoms with Crippen LogP contribution in [0.3, 0.4) is 0 Å². The molecule has 0 aromatic carbocycles. The highest BCUT2D eigenvalue weighted by Gasteiger charge is 2.04. The summed E-state index contributed by atoms with van der Waals surface area (Å²) in [6.45, 7) is 4.95. The molecule has 0 aliphatic rings. The molecule has 0 aromatic rings. The van der Waals surface area contributed by atoms with Crippen LogP contribution >= 0.6 is 0 Å². The van der Waals surface area contributed by atoms with Gasteiger partial charge in [0.25, 0.3) is 0 Å². The van der Waals surface area contributed by atoms with Gasteiger partial charge in [-0.1, -0.05) is 13.3 Å². The lowest BCUT2D eigenvalue weighted by molar-refractivity contribution is -0.121. The summed E-state index contributed by atoms with van der Waals surface area (Å²) in [5.74, 6) is 0.109. The molecule has 0 atom stereocenters. The van der Waals surface area contributed by atoms with Crippen molar-refractivity contribution in [1.82, 2.24) is 10.2 Å². The Morgan fingerprint density at radius 1 is 1.43 bits per heavy atom. The number of nitrogens with two attached hydrogens (primary N) is 1. The van der Waals surface area contributed by atoms with Crippen molar-refractivity contribution in [3.05, 3.63) is 0 Å². The average molecular weight is 201 g/mol. The van der Waals surface area contributed by atoms with Gasteiger partial charge in [-0.3, -0.25) is 9.69 Å². The van der Waals surface area contributed by atoms with E-state index in [9.17, 15) is 4.79 Å². The standard InChI is InChI=1S/C10H23N3O/c1-3-4-7-12-10(14)9-13(2)8-5-6-11/h3-9,11H2,1-2H3,(H,12,14). The minimum absolute atomic E-state index is 0.109. The van der Waals surface area contributed by atoms with Crippen LogP contribution in [0.2, 0.25) is 0 Å². The van der Waals surface area contributed by atoms with E-state index in [1.54, 1.807) is 0 Å². The summed E-state index contributed by atoms with van der Waals surface area (Å²) < 4.78 is 0. The number of rotatable bonds is 8. The lowest BCUT2D eigenvalue weighted by atomic mass is 10.3. The molecule has 3 N–H and O–H groups in total. The smallest absolute Gasteiger partial charge is 0.234 e. The quantitative estimate of drug-likeness (QED) is 0.551. The van der Waals surface area contributed by atoms with Crippen molar-refractivity contribution < 1.29 is 4.79 Å². The molecular weight excluding hydrogens is 178 g/mol. The Labute approximate surface area is 86.8 Å². The fourth-order valence-electron chi connectivity index (χ4n) is 1.15. The van der Waals surface area contributed by atoms with Gasteiger partial charge in [-0.25, -0.2) is 0 Å². The van der Waals surface area contributed by atoms with Gasteiger partial charge in [-0.05, 0) is 33.0 Å². The van der Waals surface area contributed by atoms with E-state index < -0.39 is 0 Å². The normalized spacial score (nSPS) is 10.6. The van der Waals surface area contributed by atoms with E-state index in [4.69, 9.17) is 5.73 Å². The Kier molecular flexibility index (Phi) is 8.57. The molecule has 4 nitrogen and oxygen atoms in total. The van der Waals surface area contributed by atoms with Crippen LogP contribution in [0.1, 0.15) is 26.2 Å². The number of hydrogen-bond acceptors (Lipinski definition) is 3. The highest BCUT2D eigenvalue weighted by molar-refractivity contribution is 5.77. The number of nitrogens with one attached hydrogen (secondary N) is 1. The van der Waals surface area contributed by atoms with Crippen molar-refractivity contribution in [2.24, 2.45) is 5.73 Å². The van der Waals surface area contributed by atoms with E-state index in [1.807, 2.05) is 11.9 Å². The molecule has 0 unspecified atom stereocenters. The summed E-state index contributed by atoms with van der Waals surface area (Å²) in [5, 5.41) is 2.88. The molecule has 0 spiro atoms. The second kappa shape index (κ2) is 8.97. The van der Waals surface area contributed by atoms with Crippen molar-refractivity contribution in [1.29, 1.82) is 0 Å². The van der Waals surface area contributed by atoms with Crippen LogP contribution in [0, 0.1) is 0 Å². The van der Waals surface area contributed by atoms with Crippen molar-refractivity contribution in [2.45, 2.75) is 26.2 Å². The SMILES string of the molecule is CCCCNC(=O)CN(C)CCCN. The molecule has 84 valence electrons. The Balaban J connectivity index is 3.40. The first-order chi connectivity index (χ1) is 6.70. The maximum atomic E-state index is 11.3. The van der Waals surface area contributed by atoms with Crippen molar-refractivity contribution in [2.75, 3.05) is 33.2 Å². The van der Waals surface area contributed by atoms with Crippen LogP contribution in [0.4, 0.5) is 0 Å². The number of carbonyl (C=O) groups excluding carboxylic acids is 1. The second-order valence-corrected chi connectivity index (χ2v) is 3.58. The van der Waals surface area contributed by atoms with Gasteiger partial charge >= 0.3 is 0 Å². The van der Waals surface area contributed by atoms with Gasteiger partial charge in [-0.15, -0.1) is 0 Å². The third-order valence-electron chi connectivity index (χ3n) is 2.01. The zero-order valence-electron chi connectivity index (χ0n) is 9.38. The van der Waals surface area contributed by atoms with Gasteiger partial charge in [-0.2, -0.15) is 0 Å². The Morgan fingerprint density at radius 3 is 2.71 bits per heavy atom. The highest BCUT2D eigenvalue weighted by Crippen LogP contribution is 1.86. The van der Waals surface area contributed by atoms with E-state index >= 15 is 0 Å². The maximum Gasteiger partial charge on any atom is 0.234 e. The average Bonchev–Trinajstić information content (AvgIpc) is 2.15. The fraction of sp³-hybridized carbons (Fsp3) is 0.900. The van der Waals surface area contributed by atoms with Crippen molar-refractivity contribution in [3.8, 4) is 0 Å². The van der Waals surface area contributed by atoms with Crippen molar-refractivity contribution in [3.63, 3.8) is 0 Å². The molecule has 0 radical (unpaired) electrons. The second-order valence-electron chi connectivity index (χ2n) is 3.58. The largest absolute Gasteiger partial charge is 0.355 e. The molecule has 0 aromatic heterocycles. The third kappa shape index (κ3) is 8.01. The van der Waals surface area contributed by atoms with E-state index in [-0.39, 0.29) is 5.91 Å². The van der Waals surface area contributed by atoms with Gasteiger partial charge < -0.3 is 11.1 Å². The minimum Gasteiger partial charge on any atom is -0.355 e. The number of amides is 1. The Morgan fingerprint density at radius 2 is 2.14 bits per heavy atom. The van der Waals surface area contributed by atoms with Crippen LogP contribution in [0.15, 0.2) is 0 Å². The molecule has 14 heavy (non-hydrogen) atoms. The monoisotopic (exact) mass is 201 g/mol. The van der Waals surface area contributed by atoms with Gasteiger partial charge in [0.1, 0.15) is 0 Å². The zero-order chi connectivity index (χ0) is 10.8. The number of likely N-dealkylation sites (N-methyl/N-ethyl adjacent to an activating group) is 1. The molecule has 0 heterocycles. The predicted octanol–water partition coefficient (Wildman–Crippen LogP) is 0.183. The van der Waals surface area contributed by atoms with Crippen molar-refractivity contribution >= 4 is 5.91 Å². The Hall–Kier alpha value is -0.610. The van der Waals surface area contributed by atoms with Crippen LogP contribution < -0.4 is 11.1 Å². The summed E-state index contributed by atoms with van der Waals surface area (Å²) in [6, 6.07) is 0. The van der Waals surface area contributed by atoms with Gasteiger partial charge in [0, 0.05) is 6.54 Å². The summed E-state index contributed by atoms with van der Waals surface area (Å²) in [5.41, 5.74) is 5.38. The molecule has 1 amide bonds. The van der Waals surface area contributed by atoms with Crippen LogP contribution in [0.5, 0.6) is 0 Å². The van der Waals surface area contributed by atoms with E-state index in [0.717, 1.165) is 32.4 Å². The highest BCUT2D eigenvalue weighted by atomic mass is 16.1. The lowest BCUT2D eigenvalue weighted by Crippen LogP contribution is -2.36. The molecule has 0 fully saturated rings. The number of carbonyl (C=O) groups is 1. The summed E-state index contributed by atoms with van der Waals surface area (Å²) in [6.07, 6.45) is 3.11. The molecule has 0 saturated heterocycles. The molecule has 4 heteroatoms. The summed E-state index contributed by atoms with van der Waals surface area (Å²) in [7, 11) is 1.94. The summed E-state index contributed by atoms with van der Waals surface area (Å²) >= 11 is 0. The fourth-order valence-corrected chi connectivity index (χ4v) is 1.15. The first-order valence-electron chi connectivity index (χ1n) is 5.36. The van der Waals surface area contributed by atoms with Gasteiger partial charge in [0.15, 0.2) is 0 Å². The minimum atomic E-state index is 0.109. The van der Waals surface area contributed by atoms with Gasteiger partial charge in [0.2, 0.25) is 5.91 Å². The molecule has 0 aliphatic carbocycles. The molecule has 0 bridgehead atoms. The van der Waals surface area contributed by atoms with E-state index in [1.165, 1.54) is 0 Å². The topological polar surface area (TPSA) is 58.4 Å². The molecule has 0 aliphatic heterocycles. The maximum absolute atomic E-state index is 11.3. The van der Waals surface area contributed by atoms with Crippen LogP contribution in [-0.4, -0.2) is 44.0 Å². The van der Waals surface area contributed by atoms with Crippen LogP contribution in [-0.2, 0) is 4.79 Å². The third-order valence-corrected chi connectivity index (χ3v) is 2.01. The number of hydrogen-bond donors (Lipinski definition) is 2. The predicted molar refractivity (Wildman–Crippen MR) is 59.1 cm³/mol. The zero-order valence-corrected chi connectivity index (χ0v) is 9.38. The molecule has 0 saturated carbocycles. The van der Waals surface area contributed by atoms with Crippen LogP contribution in [0.25, 0.3) is 0 Å². The number of nitrogens with zero attached hydrogens (tertiary/aromatic N) is 1. The van der Waals surface area contributed by atoms with E-state index in [0.29, 0.717) is 13.1 Å². The van der Waals surface area contributed by atoms with Gasteiger partial charge in [0.05, 0.1) is 6.54 Å².